The van der Waals surface area contributed by atoms with Gasteiger partial charge in [-0.25, -0.2) is 0 Å². The van der Waals surface area contributed by atoms with Gasteiger partial charge in [-0.3, -0.25) is 0 Å². The number of hydrogen-bond acceptors (Lipinski definition) is 3. The minimum atomic E-state index is 0.0406. The first-order chi connectivity index (χ1) is 24.2. The highest BCUT2D eigenvalue weighted by Gasteiger charge is 2.61. The van der Waals surface area contributed by atoms with Crippen molar-refractivity contribution in [2.24, 2.45) is 23.7 Å². The summed E-state index contributed by atoms with van der Waals surface area (Å²) in [6.07, 6.45) is 6.85. The summed E-state index contributed by atoms with van der Waals surface area (Å²) >= 11 is 0. The molecule has 7 aromatic rings. The fourth-order valence-electron chi connectivity index (χ4n) is 10.9. The van der Waals surface area contributed by atoms with Gasteiger partial charge in [0.25, 0.3) is 0 Å². The van der Waals surface area contributed by atoms with E-state index in [4.69, 9.17) is 9.15 Å². The predicted molar refractivity (Wildman–Crippen MR) is 198 cm³/mol. The second-order valence-electron chi connectivity index (χ2n) is 15.0. The standard InChI is InChI=1S/C46H37NO2/c1-2-11-34(12-3-1)47(35-13-8-10-31(27-35)37-15-9-16-39-38-14-4-6-18-42(38)49-45(37)39)36-20-21-41-44(28-36)48-43-19-7-5-17-40(43)46(41)32-23-29-22-30(25-32)26-33(46)24-29/h1-21,27-30,32-33H,22-26H2. The highest BCUT2D eigenvalue weighted by Crippen LogP contribution is 2.69. The van der Waals surface area contributed by atoms with E-state index in [9.17, 15) is 0 Å². The lowest BCUT2D eigenvalue weighted by molar-refractivity contribution is -0.0452. The summed E-state index contributed by atoms with van der Waals surface area (Å²) in [5.41, 5.74) is 10.2. The van der Waals surface area contributed by atoms with Crippen molar-refractivity contribution < 1.29 is 9.15 Å². The normalized spacial score (nSPS) is 24.6. The monoisotopic (exact) mass is 635 g/mol. The first kappa shape index (κ1) is 27.6. The van der Waals surface area contributed by atoms with E-state index in [0.29, 0.717) is 11.8 Å². The maximum Gasteiger partial charge on any atom is 0.143 e. The summed E-state index contributed by atoms with van der Waals surface area (Å²) < 4.78 is 13.4. The van der Waals surface area contributed by atoms with E-state index in [-0.39, 0.29) is 5.41 Å². The van der Waals surface area contributed by atoms with Crippen molar-refractivity contribution in [1.82, 2.24) is 0 Å². The zero-order valence-electron chi connectivity index (χ0n) is 27.4. The minimum absolute atomic E-state index is 0.0406. The molecule has 1 spiro atoms. The molecule has 0 unspecified atom stereocenters. The van der Waals surface area contributed by atoms with Gasteiger partial charge in [0.1, 0.15) is 22.7 Å². The third-order valence-corrected chi connectivity index (χ3v) is 12.5. The highest BCUT2D eigenvalue weighted by atomic mass is 16.5. The molecule has 0 N–H and O–H groups in total. The van der Waals surface area contributed by atoms with E-state index in [1.807, 2.05) is 6.07 Å². The maximum atomic E-state index is 6.90. The lowest BCUT2D eigenvalue weighted by atomic mass is 9.42. The summed E-state index contributed by atoms with van der Waals surface area (Å²) in [5, 5.41) is 2.29. The number of nitrogens with zero attached hydrogens (tertiary/aromatic N) is 1. The van der Waals surface area contributed by atoms with Crippen LogP contribution in [0.15, 0.2) is 144 Å². The van der Waals surface area contributed by atoms with Crippen LogP contribution >= 0.6 is 0 Å². The molecule has 3 nitrogen and oxygen atoms in total. The zero-order valence-corrected chi connectivity index (χ0v) is 27.4. The molecule has 12 rings (SSSR count). The molecule has 4 aliphatic carbocycles. The van der Waals surface area contributed by atoms with Gasteiger partial charge in [-0.05, 0) is 104 Å². The molecular formula is C46H37NO2. The van der Waals surface area contributed by atoms with Crippen molar-refractivity contribution in [3.05, 3.63) is 151 Å². The smallest absolute Gasteiger partial charge is 0.143 e. The van der Waals surface area contributed by atoms with E-state index >= 15 is 0 Å². The quantitative estimate of drug-likeness (QED) is 0.192. The van der Waals surface area contributed by atoms with Gasteiger partial charge in [-0.1, -0.05) is 91.0 Å². The van der Waals surface area contributed by atoms with Crippen molar-refractivity contribution >= 4 is 39.0 Å². The largest absolute Gasteiger partial charge is 0.457 e. The number of rotatable bonds is 4. The number of benzene rings is 6. The van der Waals surface area contributed by atoms with Gasteiger partial charge < -0.3 is 14.1 Å². The van der Waals surface area contributed by atoms with Gasteiger partial charge in [-0.2, -0.15) is 0 Å². The first-order valence-corrected chi connectivity index (χ1v) is 18.0. The number of hydrogen-bond donors (Lipinski definition) is 0. The minimum Gasteiger partial charge on any atom is -0.457 e. The van der Waals surface area contributed by atoms with Gasteiger partial charge in [-0.15, -0.1) is 0 Å². The van der Waals surface area contributed by atoms with Crippen LogP contribution in [0.2, 0.25) is 0 Å². The van der Waals surface area contributed by atoms with Crippen LogP contribution in [0.5, 0.6) is 11.5 Å². The Labute approximate surface area is 286 Å². The molecule has 6 aromatic carbocycles. The van der Waals surface area contributed by atoms with Crippen LogP contribution < -0.4 is 9.64 Å². The Hall–Kier alpha value is -5.28. The summed E-state index contributed by atoms with van der Waals surface area (Å²) in [5.74, 6) is 5.23. The molecule has 5 aliphatic rings. The van der Waals surface area contributed by atoms with Gasteiger partial charge in [0.15, 0.2) is 0 Å². The molecular weight excluding hydrogens is 599 g/mol. The average Bonchev–Trinajstić information content (AvgIpc) is 3.53. The summed E-state index contributed by atoms with van der Waals surface area (Å²) in [7, 11) is 0. The molecule has 1 aromatic heterocycles. The number of anilines is 3. The van der Waals surface area contributed by atoms with E-state index in [0.717, 1.165) is 73.5 Å². The average molecular weight is 636 g/mol. The Morgan fingerprint density at radius 2 is 1.18 bits per heavy atom. The Bertz CT molecular complexity index is 2380. The molecule has 4 saturated carbocycles. The molecule has 4 fully saturated rings. The van der Waals surface area contributed by atoms with Gasteiger partial charge in [0.05, 0.1) is 0 Å². The van der Waals surface area contributed by atoms with Gasteiger partial charge >= 0.3 is 0 Å². The molecule has 0 saturated heterocycles. The molecule has 0 radical (unpaired) electrons. The fraction of sp³-hybridized carbons (Fsp3) is 0.217. The van der Waals surface area contributed by atoms with Crippen LogP contribution in [0.4, 0.5) is 17.1 Å². The van der Waals surface area contributed by atoms with E-state index < -0.39 is 0 Å². The van der Waals surface area contributed by atoms with Crippen molar-refractivity contribution in [1.29, 1.82) is 0 Å². The van der Waals surface area contributed by atoms with E-state index in [1.54, 1.807) is 0 Å². The number of para-hydroxylation sites is 4. The fourth-order valence-corrected chi connectivity index (χ4v) is 10.9. The van der Waals surface area contributed by atoms with Crippen molar-refractivity contribution in [2.45, 2.75) is 37.5 Å². The Morgan fingerprint density at radius 3 is 2.04 bits per heavy atom. The SMILES string of the molecule is c1ccc(N(c2cccc(-c3cccc4c3oc3ccccc34)c2)c2ccc3c(c2)Oc2ccccc2C32C3CC4CC(C3)CC2C4)cc1. The van der Waals surface area contributed by atoms with E-state index in [2.05, 4.69) is 138 Å². The molecule has 4 bridgehead atoms. The van der Waals surface area contributed by atoms with Gasteiger partial charge in [0.2, 0.25) is 0 Å². The lowest BCUT2D eigenvalue weighted by Crippen LogP contribution is -2.56. The van der Waals surface area contributed by atoms with Crippen molar-refractivity contribution in [2.75, 3.05) is 4.90 Å². The highest BCUT2D eigenvalue weighted by molar-refractivity contribution is 6.09. The molecule has 238 valence electrons. The topological polar surface area (TPSA) is 25.6 Å². The molecule has 3 heteroatoms. The third kappa shape index (κ3) is 3.96. The summed E-state index contributed by atoms with van der Waals surface area (Å²) in [4.78, 5) is 2.37. The molecule has 0 amide bonds. The van der Waals surface area contributed by atoms with Crippen LogP contribution in [-0.2, 0) is 5.41 Å². The van der Waals surface area contributed by atoms with Crippen LogP contribution in [0.1, 0.15) is 43.2 Å². The Morgan fingerprint density at radius 1 is 0.510 bits per heavy atom. The lowest BCUT2D eigenvalue weighted by Gasteiger charge is -2.63. The van der Waals surface area contributed by atoms with Crippen LogP contribution in [0.25, 0.3) is 33.1 Å². The van der Waals surface area contributed by atoms with Gasteiger partial charge in [0, 0.05) is 56.0 Å². The first-order valence-electron chi connectivity index (χ1n) is 18.0. The zero-order chi connectivity index (χ0) is 32.1. The predicted octanol–water partition coefficient (Wildman–Crippen LogP) is 12.6. The molecule has 1 aliphatic heterocycles. The number of ether oxygens (including phenoxy) is 1. The second-order valence-corrected chi connectivity index (χ2v) is 15.0. The summed E-state index contributed by atoms with van der Waals surface area (Å²) in [6, 6.07) is 50.4. The van der Waals surface area contributed by atoms with Crippen molar-refractivity contribution in [3.8, 4) is 22.6 Å². The van der Waals surface area contributed by atoms with E-state index in [1.165, 1.54) is 43.2 Å². The third-order valence-electron chi connectivity index (χ3n) is 12.5. The van der Waals surface area contributed by atoms with Crippen LogP contribution in [0, 0.1) is 23.7 Å². The Balaban J connectivity index is 1.07. The Kier molecular flexibility index (Phi) is 5.85. The summed E-state index contributed by atoms with van der Waals surface area (Å²) in [6.45, 7) is 0. The molecule has 2 heterocycles. The molecule has 49 heavy (non-hydrogen) atoms. The van der Waals surface area contributed by atoms with Crippen LogP contribution in [-0.4, -0.2) is 0 Å². The molecule has 0 atom stereocenters. The second kappa shape index (κ2) is 10.4. The van der Waals surface area contributed by atoms with Crippen molar-refractivity contribution in [3.63, 3.8) is 0 Å². The maximum absolute atomic E-state index is 6.90. The van der Waals surface area contributed by atoms with Crippen LogP contribution in [0.3, 0.4) is 0 Å². The number of fused-ring (bicyclic) bond motifs is 5. The number of furan rings is 1.